The van der Waals surface area contributed by atoms with E-state index >= 15 is 0 Å². The van der Waals surface area contributed by atoms with Gasteiger partial charge in [0.2, 0.25) is 5.91 Å². The van der Waals surface area contributed by atoms with Crippen LogP contribution in [-0.4, -0.2) is 45.2 Å². The van der Waals surface area contributed by atoms with Crippen LogP contribution in [0.3, 0.4) is 0 Å². The van der Waals surface area contributed by atoms with Gasteiger partial charge in [0.25, 0.3) is 0 Å². The molecule has 0 aromatic heterocycles. The van der Waals surface area contributed by atoms with Gasteiger partial charge in [0, 0.05) is 28.5 Å². The van der Waals surface area contributed by atoms with E-state index in [1.54, 1.807) is 20.8 Å². The summed E-state index contributed by atoms with van der Waals surface area (Å²) < 4.78 is 0. The summed E-state index contributed by atoms with van der Waals surface area (Å²) >= 11 is 12.6. The number of rotatable bonds is 10. The molecule has 2 aromatic rings. The van der Waals surface area contributed by atoms with E-state index in [0.717, 1.165) is 17.5 Å². The predicted molar refractivity (Wildman–Crippen MR) is 145 cm³/mol. The Morgan fingerprint density at radius 2 is 1.78 bits per heavy atom. The monoisotopic (exact) mass is 533 g/mol. The number of piperidine rings is 1. The largest absolute Gasteiger partial charge is 0.481 e. The molecular weight excluding hydrogens is 497 g/mol. The lowest BCUT2D eigenvalue weighted by Gasteiger charge is -2.45. The fourth-order valence-electron chi connectivity index (χ4n) is 5.85. The van der Waals surface area contributed by atoms with Crippen molar-refractivity contribution in [2.24, 2.45) is 5.41 Å². The van der Waals surface area contributed by atoms with Crippen molar-refractivity contribution in [3.8, 4) is 0 Å². The number of aliphatic carboxylic acids is 1. The second-order valence-electron chi connectivity index (χ2n) is 10.9. The molecule has 1 aliphatic rings. The predicted octanol–water partition coefficient (Wildman–Crippen LogP) is 6.90. The molecular formula is C29H37Cl2NO4. The number of carboxylic acid groups (broad SMARTS) is 1. The molecule has 1 aliphatic heterocycles. The number of nitrogens with zero attached hydrogens (tertiary/aromatic N) is 1. The van der Waals surface area contributed by atoms with Gasteiger partial charge < -0.3 is 15.1 Å². The number of hydrogen-bond acceptors (Lipinski definition) is 3. The first-order valence-electron chi connectivity index (χ1n) is 12.6. The molecule has 36 heavy (non-hydrogen) atoms. The zero-order valence-electron chi connectivity index (χ0n) is 21.5. The molecule has 1 amide bonds. The molecule has 0 radical (unpaired) electrons. The van der Waals surface area contributed by atoms with Crippen molar-refractivity contribution in [1.29, 1.82) is 0 Å². The average Bonchev–Trinajstić information content (AvgIpc) is 2.78. The van der Waals surface area contributed by atoms with E-state index in [-0.39, 0.29) is 30.2 Å². The maximum atomic E-state index is 13.6. The molecule has 1 unspecified atom stereocenters. The number of benzene rings is 2. The zero-order valence-corrected chi connectivity index (χ0v) is 23.0. The lowest BCUT2D eigenvalue weighted by atomic mass is 9.69. The van der Waals surface area contributed by atoms with Crippen LogP contribution in [0.25, 0.3) is 0 Å². The van der Waals surface area contributed by atoms with Gasteiger partial charge in [-0.3, -0.25) is 9.59 Å². The van der Waals surface area contributed by atoms with E-state index in [2.05, 4.69) is 6.92 Å². The summed E-state index contributed by atoms with van der Waals surface area (Å²) in [7, 11) is 0. The summed E-state index contributed by atoms with van der Waals surface area (Å²) in [6.45, 7) is 8.03. The second-order valence-corrected chi connectivity index (χ2v) is 11.7. The molecule has 1 heterocycles. The first-order valence-corrected chi connectivity index (χ1v) is 13.4. The Hall–Kier alpha value is -2.08. The van der Waals surface area contributed by atoms with E-state index in [0.29, 0.717) is 35.9 Å². The normalized spacial score (nSPS) is 21.2. The van der Waals surface area contributed by atoms with Crippen LogP contribution in [0.5, 0.6) is 0 Å². The smallest absolute Gasteiger partial charge is 0.304 e. The molecule has 4 atom stereocenters. The second kappa shape index (κ2) is 11.5. The Labute approximate surface area is 224 Å². The highest BCUT2D eigenvalue weighted by atomic mass is 35.5. The summed E-state index contributed by atoms with van der Waals surface area (Å²) in [5.74, 6) is -1.51. The maximum Gasteiger partial charge on any atom is 0.304 e. The van der Waals surface area contributed by atoms with Gasteiger partial charge in [-0.15, -0.1) is 0 Å². The molecule has 0 bridgehead atoms. The lowest BCUT2D eigenvalue weighted by molar-refractivity contribution is -0.155. The van der Waals surface area contributed by atoms with E-state index < -0.39 is 17.0 Å². The minimum absolute atomic E-state index is 0.0980. The van der Waals surface area contributed by atoms with Gasteiger partial charge in [-0.05, 0) is 80.8 Å². The van der Waals surface area contributed by atoms with Crippen molar-refractivity contribution < 1.29 is 19.8 Å². The number of carbonyl (C=O) groups excluding carboxylic acids is 1. The van der Waals surface area contributed by atoms with Crippen LogP contribution in [0.2, 0.25) is 10.0 Å². The molecule has 5 nitrogen and oxygen atoms in total. The third-order valence-electron chi connectivity index (χ3n) is 7.55. The Kier molecular flexibility index (Phi) is 9.13. The molecule has 0 spiro atoms. The van der Waals surface area contributed by atoms with E-state index in [1.807, 2.05) is 53.4 Å². The van der Waals surface area contributed by atoms with Gasteiger partial charge >= 0.3 is 5.97 Å². The summed E-state index contributed by atoms with van der Waals surface area (Å²) in [6.07, 6.45) is 2.47. The van der Waals surface area contributed by atoms with Gasteiger partial charge in [-0.1, -0.05) is 61.3 Å². The molecule has 196 valence electrons. The first kappa shape index (κ1) is 28.5. The van der Waals surface area contributed by atoms with Crippen molar-refractivity contribution in [2.75, 3.05) is 6.54 Å². The number of hydrogen-bond donors (Lipinski definition) is 2. The third-order valence-corrected chi connectivity index (χ3v) is 8.04. The first-order chi connectivity index (χ1) is 16.9. The summed E-state index contributed by atoms with van der Waals surface area (Å²) in [5, 5.41) is 22.1. The Bertz CT molecular complexity index is 1070. The standard InChI is InChI=1S/C29H37Cl2NO4/c1-5-23(32-15-7-14-29(4,27(32)35)18-25(33)34)17-24(20-8-6-9-22(31)16-20)26(28(2,3)36)19-10-12-21(30)13-11-19/h6,8-13,16,23-24,26,36H,5,7,14-15,17-18H2,1-4H3,(H,33,34)/t23-,24+,26-,29?/m1/s1. The Morgan fingerprint density at radius 1 is 1.11 bits per heavy atom. The minimum atomic E-state index is -1.08. The maximum absolute atomic E-state index is 13.6. The van der Waals surface area contributed by atoms with Crippen LogP contribution < -0.4 is 0 Å². The van der Waals surface area contributed by atoms with Crippen LogP contribution >= 0.6 is 23.2 Å². The van der Waals surface area contributed by atoms with Gasteiger partial charge in [-0.2, -0.15) is 0 Å². The summed E-state index contributed by atoms with van der Waals surface area (Å²) in [4.78, 5) is 27.0. The fourth-order valence-corrected chi connectivity index (χ4v) is 6.18. The summed E-state index contributed by atoms with van der Waals surface area (Å²) in [6, 6.07) is 15.1. The zero-order chi connectivity index (χ0) is 26.7. The molecule has 1 saturated heterocycles. The fraction of sp³-hybridized carbons (Fsp3) is 0.517. The molecule has 2 aromatic carbocycles. The number of amides is 1. The van der Waals surface area contributed by atoms with E-state index in [1.165, 1.54) is 0 Å². The molecule has 1 fully saturated rings. The van der Waals surface area contributed by atoms with Crippen LogP contribution in [0.1, 0.15) is 82.8 Å². The number of likely N-dealkylation sites (tertiary alicyclic amines) is 1. The SMILES string of the molecule is CC[C@H](C[C@@H](c1cccc(Cl)c1)[C@@H](c1ccc(Cl)cc1)C(C)(C)O)N1CCCC(C)(CC(=O)O)C1=O. The van der Waals surface area contributed by atoms with Crippen LogP contribution in [0.4, 0.5) is 0 Å². The highest BCUT2D eigenvalue weighted by Gasteiger charge is 2.45. The van der Waals surface area contributed by atoms with Gasteiger partial charge in [0.05, 0.1) is 17.4 Å². The molecule has 0 saturated carbocycles. The number of aliphatic hydroxyl groups is 1. The van der Waals surface area contributed by atoms with Gasteiger partial charge in [-0.25, -0.2) is 0 Å². The molecule has 2 N–H and O–H groups in total. The van der Waals surface area contributed by atoms with Crippen molar-refractivity contribution in [3.05, 3.63) is 69.7 Å². The number of halogens is 2. The number of carboxylic acids is 1. The van der Waals surface area contributed by atoms with Crippen molar-refractivity contribution >= 4 is 35.1 Å². The molecule has 7 heteroatoms. The molecule has 0 aliphatic carbocycles. The molecule has 3 rings (SSSR count). The Morgan fingerprint density at radius 3 is 2.33 bits per heavy atom. The van der Waals surface area contributed by atoms with Crippen molar-refractivity contribution in [3.63, 3.8) is 0 Å². The van der Waals surface area contributed by atoms with E-state index in [4.69, 9.17) is 23.2 Å². The minimum Gasteiger partial charge on any atom is -0.481 e. The van der Waals surface area contributed by atoms with Crippen LogP contribution in [0.15, 0.2) is 48.5 Å². The van der Waals surface area contributed by atoms with Gasteiger partial charge in [0.15, 0.2) is 0 Å². The van der Waals surface area contributed by atoms with Crippen molar-refractivity contribution in [2.45, 2.75) is 83.3 Å². The number of carbonyl (C=O) groups is 2. The highest BCUT2D eigenvalue weighted by Crippen LogP contribution is 2.46. The summed E-state index contributed by atoms with van der Waals surface area (Å²) in [5.41, 5.74) is -0.0502. The van der Waals surface area contributed by atoms with Crippen molar-refractivity contribution in [1.82, 2.24) is 4.90 Å². The van der Waals surface area contributed by atoms with Crippen LogP contribution in [-0.2, 0) is 9.59 Å². The average molecular weight is 535 g/mol. The highest BCUT2D eigenvalue weighted by molar-refractivity contribution is 6.30. The Balaban J connectivity index is 2.05. The van der Waals surface area contributed by atoms with Crippen LogP contribution in [0, 0.1) is 5.41 Å². The quantitative estimate of drug-likeness (QED) is 0.348. The van der Waals surface area contributed by atoms with E-state index in [9.17, 15) is 19.8 Å². The van der Waals surface area contributed by atoms with Gasteiger partial charge in [0.1, 0.15) is 0 Å². The topological polar surface area (TPSA) is 77.8 Å². The lowest BCUT2D eigenvalue weighted by Crippen LogP contribution is -2.53. The third kappa shape index (κ3) is 6.62.